The molecule has 1 unspecified atom stereocenters. The van der Waals surface area contributed by atoms with E-state index in [-0.39, 0.29) is 21.4 Å². The van der Waals surface area contributed by atoms with Gasteiger partial charge in [-0.3, -0.25) is 0 Å². The van der Waals surface area contributed by atoms with Crippen LogP contribution in [0.2, 0.25) is 10.0 Å². The fraction of sp³-hybridized carbons (Fsp3) is 0.400. The number of aliphatic hydroxyl groups is 1. The minimum atomic E-state index is -4.69. The normalized spacial score (nSPS) is 13.6. The maximum Gasteiger partial charge on any atom is 0.414 e. The van der Waals surface area contributed by atoms with E-state index in [1.807, 2.05) is 0 Å². The van der Waals surface area contributed by atoms with Crippen LogP contribution in [-0.2, 0) is 6.42 Å². The van der Waals surface area contributed by atoms with Crippen molar-refractivity contribution in [2.24, 2.45) is 0 Å². The Hall–Kier alpha value is -0.650. The quantitative estimate of drug-likeness (QED) is 0.923. The Kier molecular flexibility index (Phi) is 4.52. The number of methoxy groups -OCH3 is 1. The number of ether oxygens (including phenoxy) is 1. The minimum Gasteiger partial charge on any atom is -0.495 e. The maximum atomic E-state index is 12.2. The summed E-state index contributed by atoms with van der Waals surface area (Å²) in [5.74, 6) is 0.0827. The van der Waals surface area contributed by atoms with Gasteiger partial charge in [0.25, 0.3) is 0 Å². The van der Waals surface area contributed by atoms with Gasteiger partial charge in [0.2, 0.25) is 0 Å². The smallest absolute Gasteiger partial charge is 0.414 e. The third kappa shape index (κ3) is 3.66. The monoisotopic (exact) mass is 288 g/mol. The molecule has 1 N–H and O–H groups in total. The van der Waals surface area contributed by atoms with Crippen molar-refractivity contribution in [3.63, 3.8) is 0 Å². The number of halogens is 5. The van der Waals surface area contributed by atoms with Crippen LogP contribution in [0.3, 0.4) is 0 Å². The summed E-state index contributed by atoms with van der Waals surface area (Å²) in [6.45, 7) is 0. The van der Waals surface area contributed by atoms with Crippen LogP contribution in [0.1, 0.15) is 5.56 Å². The van der Waals surface area contributed by atoms with Gasteiger partial charge in [0.15, 0.2) is 6.10 Å². The third-order valence-corrected chi connectivity index (χ3v) is 2.58. The van der Waals surface area contributed by atoms with Gasteiger partial charge in [0, 0.05) is 17.0 Å². The van der Waals surface area contributed by atoms with E-state index in [0.717, 1.165) is 0 Å². The van der Waals surface area contributed by atoms with Crippen molar-refractivity contribution in [3.8, 4) is 5.75 Å². The molecule has 0 aliphatic heterocycles. The molecule has 0 aliphatic rings. The summed E-state index contributed by atoms with van der Waals surface area (Å²) in [7, 11) is 1.28. The topological polar surface area (TPSA) is 29.5 Å². The first kappa shape index (κ1) is 14.4. The highest BCUT2D eigenvalue weighted by Gasteiger charge is 2.38. The summed E-state index contributed by atoms with van der Waals surface area (Å²) in [6, 6.07) is 2.63. The zero-order chi connectivity index (χ0) is 13.2. The van der Waals surface area contributed by atoms with Crippen LogP contribution in [0.4, 0.5) is 13.2 Å². The van der Waals surface area contributed by atoms with Crippen LogP contribution < -0.4 is 4.74 Å². The molecule has 0 fully saturated rings. The van der Waals surface area contributed by atoms with Crippen molar-refractivity contribution in [3.05, 3.63) is 27.7 Å². The lowest BCUT2D eigenvalue weighted by Crippen LogP contribution is -2.30. The van der Waals surface area contributed by atoms with E-state index < -0.39 is 18.7 Å². The van der Waals surface area contributed by atoms with Crippen molar-refractivity contribution in [1.82, 2.24) is 0 Å². The van der Waals surface area contributed by atoms with Crippen LogP contribution >= 0.6 is 23.2 Å². The number of rotatable bonds is 3. The van der Waals surface area contributed by atoms with Gasteiger partial charge in [-0.2, -0.15) is 13.2 Å². The molecule has 1 atom stereocenters. The summed E-state index contributed by atoms with van der Waals surface area (Å²) in [6.07, 6.45) is -7.84. The summed E-state index contributed by atoms with van der Waals surface area (Å²) in [5, 5.41) is 9.26. The first-order valence-electron chi connectivity index (χ1n) is 4.52. The van der Waals surface area contributed by atoms with E-state index in [0.29, 0.717) is 0 Å². The minimum absolute atomic E-state index is 0.0827. The summed E-state index contributed by atoms with van der Waals surface area (Å²) in [5.41, 5.74) is 0.106. The molecule has 0 aromatic heterocycles. The Bertz CT molecular complexity index is 407. The summed E-state index contributed by atoms with van der Waals surface area (Å²) < 4.78 is 41.5. The lowest BCUT2D eigenvalue weighted by Gasteiger charge is -2.17. The molecule has 0 saturated heterocycles. The van der Waals surface area contributed by atoms with Crippen LogP contribution in [-0.4, -0.2) is 24.5 Å². The van der Waals surface area contributed by atoms with Crippen molar-refractivity contribution in [1.29, 1.82) is 0 Å². The van der Waals surface area contributed by atoms with Crippen LogP contribution in [0.15, 0.2) is 12.1 Å². The van der Waals surface area contributed by atoms with Crippen LogP contribution in [0, 0.1) is 0 Å². The van der Waals surface area contributed by atoms with E-state index in [2.05, 4.69) is 0 Å². The van der Waals surface area contributed by atoms with E-state index in [1.54, 1.807) is 0 Å². The Morgan fingerprint density at radius 1 is 1.35 bits per heavy atom. The average Bonchev–Trinajstić information content (AvgIpc) is 2.15. The zero-order valence-corrected chi connectivity index (χ0v) is 10.2. The molecular formula is C10H9Cl2F3O2. The largest absolute Gasteiger partial charge is 0.495 e. The van der Waals surface area contributed by atoms with Gasteiger partial charge in [-0.15, -0.1) is 0 Å². The van der Waals surface area contributed by atoms with E-state index in [9.17, 15) is 13.2 Å². The standard InChI is InChI=1S/C10H9Cl2F3O2/c1-17-9-5(2-6(11)4-7(9)12)3-8(16)10(13,14)15/h2,4,8,16H,3H2,1H3. The second-order valence-corrected chi connectivity index (χ2v) is 4.19. The molecule has 96 valence electrons. The van der Waals surface area contributed by atoms with Gasteiger partial charge in [-0.1, -0.05) is 23.2 Å². The Labute approximate surface area is 106 Å². The number of hydrogen-bond donors (Lipinski definition) is 1. The molecule has 1 rings (SSSR count). The Morgan fingerprint density at radius 2 is 1.94 bits per heavy atom. The molecule has 1 aromatic rings. The fourth-order valence-corrected chi connectivity index (χ4v) is 1.93. The Balaban J connectivity index is 3.05. The number of alkyl halides is 3. The highest BCUT2D eigenvalue weighted by atomic mass is 35.5. The first-order chi connectivity index (χ1) is 7.75. The number of aliphatic hydroxyl groups excluding tert-OH is 1. The zero-order valence-electron chi connectivity index (χ0n) is 8.68. The second kappa shape index (κ2) is 5.33. The van der Waals surface area contributed by atoms with Gasteiger partial charge in [-0.25, -0.2) is 0 Å². The molecule has 0 radical (unpaired) electrons. The van der Waals surface area contributed by atoms with Crippen LogP contribution in [0.25, 0.3) is 0 Å². The molecule has 17 heavy (non-hydrogen) atoms. The van der Waals surface area contributed by atoms with Gasteiger partial charge in [0.05, 0.1) is 12.1 Å². The first-order valence-corrected chi connectivity index (χ1v) is 5.28. The summed E-state index contributed by atoms with van der Waals surface area (Å²) >= 11 is 11.4. The molecule has 7 heteroatoms. The summed E-state index contributed by atoms with van der Waals surface area (Å²) in [4.78, 5) is 0. The molecule has 0 bridgehead atoms. The molecule has 2 nitrogen and oxygen atoms in total. The predicted molar refractivity (Wildman–Crippen MR) is 58.8 cm³/mol. The van der Waals surface area contributed by atoms with Crippen molar-refractivity contribution < 1.29 is 23.0 Å². The van der Waals surface area contributed by atoms with Gasteiger partial charge < -0.3 is 9.84 Å². The molecular weight excluding hydrogens is 280 g/mol. The molecule has 1 aromatic carbocycles. The van der Waals surface area contributed by atoms with E-state index in [1.165, 1.54) is 19.2 Å². The number of hydrogen-bond acceptors (Lipinski definition) is 2. The highest BCUT2D eigenvalue weighted by molar-refractivity contribution is 6.35. The van der Waals surface area contributed by atoms with E-state index >= 15 is 0 Å². The molecule has 0 spiro atoms. The SMILES string of the molecule is COc1c(Cl)cc(Cl)cc1CC(O)C(F)(F)F. The van der Waals surface area contributed by atoms with Crippen molar-refractivity contribution >= 4 is 23.2 Å². The van der Waals surface area contributed by atoms with Gasteiger partial charge in [0.1, 0.15) is 5.75 Å². The average molecular weight is 289 g/mol. The van der Waals surface area contributed by atoms with Crippen molar-refractivity contribution in [2.45, 2.75) is 18.7 Å². The lowest BCUT2D eigenvalue weighted by molar-refractivity contribution is -0.203. The maximum absolute atomic E-state index is 12.2. The highest BCUT2D eigenvalue weighted by Crippen LogP contribution is 2.34. The predicted octanol–water partition coefficient (Wildman–Crippen LogP) is 3.47. The molecule has 0 amide bonds. The number of benzene rings is 1. The van der Waals surface area contributed by atoms with E-state index in [4.69, 9.17) is 33.0 Å². The molecule has 0 saturated carbocycles. The van der Waals surface area contributed by atoms with Crippen molar-refractivity contribution in [2.75, 3.05) is 7.11 Å². The second-order valence-electron chi connectivity index (χ2n) is 3.34. The van der Waals surface area contributed by atoms with Gasteiger partial charge >= 0.3 is 6.18 Å². The molecule has 0 heterocycles. The molecule has 0 aliphatic carbocycles. The van der Waals surface area contributed by atoms with Crippen LogP contribution in [0.5, 0.6) is 5.75 Å². The third-order valence-electron chi connectivity index (χ3n) is 2.08. The lowest BCUT2D eigenvalue weighted by atomic mass is 10.1. The van der Waals surface area contributed by atoms with Gasteiger partial charge in [-0.05, 0) is 12.1 Å². The Morgan fingerprint density at radius 3 is 2.41 bits per heavy atom. The fourth-order valence-electron chi connectivity index (χ4n) is 1.32.